The Kier molecular flexibility index (Phi) is 7.32. The van der Waals surface area contributed by atoms with Crippen molar-refractivity contribution in [2.24, 2.45) is 4.36 Å². The van der Waals surface area contributed by atoms with Crippen LogP contribution in [0.3, 0.4) is 0 Å². The summed E-state index contributed by atoms with van der Waals surface area (Å²) in [4.78, 5) is 29.2. The van der Waals surface area contributed by atoms with Crippen molar-refractivity contribution in [1.29, 1.82) is 0 Å². The lowest BCUT2D eigenvalue weighted by atomic mass is 9.87. The van der Waals surface area contributed by atoms with Crippen molar-refractivity contribution in [2.75, 3.05) is 31.9 Å². The number of aryl methyl sites for hydroxylation is 1. The van der Waals surface area contributed by atoms with E-state index in [0.29, 0.717) is 39.7 Å². The summed E-state index contributed by atoms with van der Waals surface area (Å²) in [5, 5.41) is 4.31. The van der Waals surface area contributed by atoms with Crippen LogP contribution in [-0.4, -0.2) is 66.1 Å². The highest BCUT2D eigenvalue weighted by molar-refractivity contribution is 7.92. The van der Waals surface area contributed by atoms with E-state index in [1.54, 1.807) is 41.5 Å². The quantitative estimate of drug-likeness (QED) is 0.331. The summed E-state index contributed by atoms with van der Waals surface area (Å²) in [7, 11) is 1.77. The first-order valence-corrected chi connectivity index (χ1v) is 15.2. The van der Waals surface area contributed by atoms with Crippen molar-refractivity contribution in [3.05, 3.63) is 75.7 Å². The minimum absolute atomic E-state index is 0.230. The molecule has 3 heterocycles. The van der Waals surface area contributed by atoms with Crippen molar-refractivity contribution >= 4 is 49.8 Å². The summed E-state index contributed by atoms with van der Waals surface area (Å²) in [6.07, 6.45) is 9.12. The molecular formula is C27H31ClN8O2S. The lowest BCUT2D eigenvalue weighted by molar-refractivity contribution is 0.268. The van der Waals surface area contributed by atoms with E-state index in [-0.39, 0.29) is 12.1 Å². The topological polar surface area (TPSA) is 110 Å². The van der Waals surface area contributed by atoms with Gasteiger partial charge in [-0.3, -0.25) is 4.79 Å². The molecule has 1 aliphatic rings. The Morgan fingerprint density at radius 2 is 2.08 bits per heavy atom. The van der Waals surface area contributed by atoms with Gasteiger partial charge in [0.1, 0.15) is 5.39 Å². The monoisotopic (exact) mass is 566 g/mol. The highest BCUT2D eigenvalue weighted by Crippen LogP contribution is 2.33. The molecule has 0 amide bonds. The van der Waals surface area contributed by atoms with Crippen LogP contribution in [0.5, 0.6) is 0 Å². The predicted molar refractivity (Wildman–Crippen MR) is 157 cm³/mol. The van der Waals surface area contributed by atoms with Gasteiger partial charge in [0.2, 0.25) is 5.95 Å². The SMILES string of the molecule is C=CCn1c(=O)c2cnc(Nc3cc(Cl)c4c(c3)CCC(N(C)C)C4)nc2n1-c1cccc(N=S(C)(C)=O)n1. The third-order valence-electron chi connectivity index (χ3n) is 6.69. The molecule has 0 aliphatic heterocycles. The van der Waals surface area contributed by atoms with E-state index in [4.69, 9.17) is 16.6 Å². The molecule has 0 bridgehead atoms. The molecule has 1 N–H and O–H groups in total. The number of hydrogen-bond donors (Lipinski definition) is 1. The van der Waals surface area contributed by atoms with Gasteiger partial charge < -0.3 is 10.2 Å². The number of nitrogens with one attached hydrogen (secondary N) is 1. The number of benzene rings is 1. The maximum atomic E-state index is 13.3. The molecule has 1 unspecified atom stereocenters. The van der Waals surface area contributed by atoms with Crippen LogP contribution in [0, 0.1) is 0 Å². The van der Waals surface area contributed by atoms with Crippen LogP contribution in [0.4, 0.5) is 17.5 Å². The average molecular weight is 567 g/mol. The van der Waals surface area contributed by atoms with Crippen LogP contribution in [0.25, 0.3) is 16.9 Å². The van der Waals surface area contributed by atoms with Crippen LogP contribution in [0.1, 0.15) is 17.5 Å². The summed E-state index contributed by atoms with van der Waals surface area (Å²) in [5.74, 6) is 1.02. The zero-order valence-electron chi connectivity index (χ0n) is 22.4. The highest BCUT2D eigenvalue weighted by Gasteiger charge is 2.23. The number of anilines is 2. The summed E-state index contributed by atoms with van der Waals surface area (Å²) < 4.78 is 19.5. The number of nitrogens with zero attached hydrogens (tertiary/aromatic N) is 7. The molecule has 1 aromatic carbocycles. The molecule has 10 nitrogen and oxygen atoms in total. The Labute approximate surface area is 232 Å². The van der Waals surface area contributed by atoms with Gasteiger partial charge in [-0.15, -0.1) is 6.58 Å². The fourth-order valence-corrected chi connectivity index (χ4v) is 5.73. The van der Waals surface area contributed by atoms with E-state index < -0.39 is 9.73 Å². The van der Waals surface area contributed by atoms with Crippen LogP contribution in [0.15, 0.2) is 58.3 Å². The van der Waals surface area contributed by atoms with Gasteiger partial charge in [-0.2, -0.15) is 9.35 Å². The number of fused-ring (bicyclic) bond motifs is 2. The van der Waals surface area contributed by atoms with Gasteiger partial charge in [-0.1, -0.05) is 23.7 Å². The standard InChI is InChI=1S/C27H31ClN8O2S/c1-6-12-35-26(37)21-16-29-27(30-18-13-17-10-11-19(34(2)3)15-20(17)22(28)14-18)32-25(21)36(35)24-9-7-8-23(31-24)33-39(4,5)38/h6-9,13-14,16,19H,1,10-12,15H2,2-5H3,(H,29,30,32). The zero-order valence-corrected chi connectivity index (χ0v) is 24.0. The van der Waals surface area contributed by atoms with E-state index in [2.05, 4.69) is 51.3 Å². The molecule has 204 valence electrons. The Bertz CT molecular complexity index is 1760. The third-order valence-corrected chi connectivity index (χ3v) is 7.65. The van der Waals surface area contributed by atoms with Crippen LogP contribution in [0.2, 0.25) is 5.02 Å². The summed E-state index contributed by atoms with van der Waals surface area (Å²) in [6.45, 7) is 4.02. The molecule has 0 saturated heterocycles. The highest BCUT2D eigenvalue weighted by atomic mass is 35.5. The van der Waals surface area contributed by atoms with Gasteiger partial charge in [-0.25, -0.2) is 23.5 Å². The Morgan fingerprint density at radius 1 is 1.28 bits per heavy atom. The van der Waals surface area contributed by atoms with Gasteiger partial charge in [-0.05, 0) is 68.8 Å². The van der Waals surface area contributed by atoms with E-state index in [9.17, 15) is 9.00 Å². The molecule has 1 atom stereocenters. The molecular weight excluding hydrogens is 536 g/mol. The average Bonchev–Trinajstić information content (AvgIpc) is 3.14. The lowest BCUT2D eigenvalue weighted by Crippen LogP contribution is -2.33. The van der Waals surface area contributed by atoms with Gasteiger partial charge in [0.25, 0.3) is 5.56 Å². The molecule has 0 saturated carbocycles. The van der Waals surface area contributed by atoms with Crippen molar-refractivity contribution < 1.29 is 4.21 Å². The second-order valence-electron chi connectivity index (χ2n) is 10.1. The number of rotatable bonds is 7. The molecule has 39 heavy (non-hydrogen) atoms. The zero-order chi connectivity index (χ0) is 27.9. The molecule has 1 aliphatic carbocycles. The second-order valence-corrected chi connectivity index (χ2v) is 13.1. The fourth-order valence-electron chi connectivity index (χ4n) is 4.86. The predicted octanol–water partition coefficient (Wildman–Crippen LogP) is 4.34. The molecule has 5 rings (SSSR count). The summed E-state index contributed by atoms with van der Waals surface area (Å²) >= 11 is 6.71. The molecule has 0 spiro atoms. The molecule has 12 heteroatoms. The van der Waals surface area contributed by atoms with Crippen molar-refractivity contribution in [3.63, 3.8) is 0 Å². The lowest BCUT2D eigenvalue weighted by Gasteiger charge is -2.30. The minimum Gasteiger partial charge on any atom is -0.324 e. The maximum absolute atomic E-state index is 13.3. The first kappa shape index (κ1) is 27.0. The number of pyridine rings is 1. The molecule has 0 fully saturated rings. The van der Waals surface area contributed by atoms with Crippen molar-refractivity contribution in [3.8, 4) is 5.82 Å². The number of likely N-dealkylation sites (N-methyl/N-ethyl adjacent to an activating group) is 1. The molecule has 4 aromatic rings. The first-order chi connectivity index (χ1) is 18.5. The summed E-state index contributed by atoms with van der Waals surface area (Å²) in [5.41, 5.74) is 3.27. The van der Waals surface area contributed by atoms with E-state index in [1.165, 1.54) is 22.0 Å². The van der Waals surface area contributed by atoms with E-state index >= 15 is 0 Å². The number of aromatic nitrogens is 5. The largest absolute Gasteiger partial charge is 0.324 e. The maximum Gasteiger partial charge on any atom is 0.278 e. The van der Waals surface area contributed by atoms with Crippen molar-refractivity contribution in [1.82, 2.24) is 29.2 Å². The van der Waals surface area contributed by atoms with Gasteiger partial charge in [0.15, 0.2) is 17.3 Å². The second kappa shape index (κ2) is 10.6. The number of hydrogen-bond acceptors (Lipinski definition) is 8. The molecule has 0 radical (unpaired) electrons. The third kappa shape index (κ3) is 5.61. The van der Waals surface area contributed by atoms with Crippen LogP contribution >= 0.6 is 11.6 Å². The number of halogens is 1. The minimum atomic E-state index is -2.42. The van der Waals surface area contributed by atoms with E-state index in [0.717, 1.165) is 24.9 Å². The Hall–Kier alpha value is -3.54. The van der Waals surface area contributed by atoms with Gasteiger partial charge >= 0.3 is 0 Å². The molecule has 3 aromatic heterocycles. The first-order valence-electron chi connectivity index (χ1n) is 12.5. The Balaban J connectivity index is 1.57. The van der Waals surface area contributed by atoms with Gasteiger partial charge in [0, 0.05) is 45.2 Å². The van der Waals surface area contributed by atoms with Crippen LogP contribution in [-0.2, 0) is 29.1 Å². The van der Waals surface area contributed by atoms with Gasteiger partial charge in [0.05, 0.1) is 6.54 Å². The fraction of sp³-hybridized carbons (Fsp3) is 0.333. The Morgan fingerprint density at radius 3 is 2.79 bits per heavy atom. The van der Waals surface area contributed by atoms with Crippen molar-refractivity contribution in [2.45, 2.75) is 31.8 Å². The van der Waals surface area contributed by atoms with Crippen LogP contribution < -0.4 is 10.9 Å². The normalized spacial score (nSPS) is 15.4. The van der Waals surface area contributed by atoms with E-state index in [1.807, 2.05) is 6.07 Å². The number of allylic oxidation sites excluding steroid dienone is 1. The smallest absolute Gasteiger partial charge is 0.278 e. The summed E-state index contributed by atoms with van der Waals surface area (Å²) in [6, 6.07) is 9.61.